The molecule has 1 N–H and O–H groups in total. The van der Waals surface area contributed by atoms with E-state index in [0.29, 0.717) is 0 Å². The maximum Gasteiger partial charge on any atom is 0.0221 e. The third-order valence-corrected chi connectivity index (χ3v) is 4.83. The molecule has 2 fully saturated rings. The highest BCUT2D eigenvalue weighted by molar-refractivity contribution is 7.99. The fourth-order valence-electron chi connectivity index (χ4n) is 2.83. The molecule has 0 bridgehead atoms. The molecule has 16 heavy (non-hydrogen) atoms. The summed E-state index contributed by atoms with van der Waals surface area (Å²) in [4.78, 5) is 2.69. The Hall–Kier alpha value is 0.270. The summed E-state index contributed by atoms with van der Waals surface area (Å²) in [7, 11) is 0. The second-order valence-corrected chi connectivity index (χ2v) is 6.80. The van der Waals surface area contributed by atoms with E-state index in [-0.39, 0.29) is 0 Å². The first-order chi connectivity index (χ1) is 7.75. The molecule has 94 valence electrons. The summed E-state index contributed by atoms with van der Waals surface area (Å²) in [5.74, 6) is 3.50. The topological polar surface area (TPSA) is 15.3 Å². The Labute approximate surface area is 105 Å². The molecule has 3 heteroatoms. The van der Waals surface area contributed by atoms with Crippen molar-refractivity contribution < 1.29 is 0 Å². The molecule has 0 amide bonds. The molecule has 1 unspecified atom stereocenters. The summed E-state index contributed by atoms with van der Waals surface area (Å²) >= 11 is 2.10. The highest BCUT2D eigenvalue weighted by Gasteiger charge is 2.25. The van der Waals surface area contributed by atoms with Gasteiger partial charge < -0.3 is 5.32 Å². The van der Waals surface area contributed by atoms with E-state index < -0.39 is 0 Å². The molecular formula is C13H26N2S. The third kappa shape index (κ3) is 3.64. The lowest BCUT2D eigenvalue weighted by atomic mass is 10.1. The van der Waals surface area contributed by atoms with E-state index >= 15 is 0 Å². The number of hydrogen-bond donors (Lipinski definition) is 1. The Morgan fingerprint density at radius 2 is 2.25 bits per heavy atom. The Bertz CT molecular complexity index is 202. The van der Waals surface area contributed by atoms with Gasteiger partial charge in [0.15, 0.2) is 0 Å². The van der Waals surface area contributed by atoms with Crippen LogP contribution in [0.3, 0.4) is 0 Å². The van der Waals surface area contributed by atoms with Crippen molar-refractivity contribution in [3.63, 3.8) is 0 Å². The maximum absolute atomic E-state index is 3.76. The van der Waals surface area contributed by atoms with E-state index in [1.165, 1.54) is 50.4 Å². The van der Waals surface area contributed by atoms with Crippen LogP contribution in [0.5, 0.6) is 0 Å². The van der Waals surface area contributed by atoms with Crippen LogP contribution >= 0.6 is 11.8 Å². The SMILES string of the molecule is CC(C)CN1CCC[C@H]1CNC1CCSC1. The van der Waals surface area contributed by atoms with E-state index in [0.717, 1.165) is 18.0 Å². The summed E-state index contributed by atoms with van der Waals surface area (Å²) in [6.45, 7) is 8.49. The average Bonchev–Trinajstić information content (AvgIpc) is 2.84. The molecule has 2 aliphatic heterocycles. The van der Waals surface area contributed by atoms with Crippen molar-refractivity contribution in [1.82, 2.24) is 10.2 Å². The van der Waals surface area contributed by atoms with Crippen molar-refractivity contribution in [3.8, 4) is 0 Å². The van der Waals surface area contributed by atoms with Crippen molar-refractivity contribution in [2.75, 3.05) is 31.1 Å². The second kappa shape index (κ2) is 6.27. The van der Waals surface area contributed by atoms with Crippen LogP contribution in [-0.4, -0.2) is 48.1 Å². The van der Waals surface area contributed by atoms with Gasteiger partial charge >= 0.3 is 0 Å². The molecule has 0 aromatic rings. The lowest BCUT2D eigenvalue weighted by Gasteiger charge is -2.27. The smallest absolute Gasteiger partial charge is 0.0221 e. The van der Waals surface area contributed by atoms with Crippen LogP contribution in [0.1, 0.15) is 33.1 Å². The fourth-order valence-corrected chi connectivity index (χ4v) is 4.02. The van der Waals surface area contributed by atoms with Gasteiger partial charge in [-0.05, 0) is 37.5 Å². The number of rotatable bonds is 5. The normalized spacial score (nSPS) is 31.7. The first kappa shape index (κ1) is 12.7. The van der Waals surface area contributed by atoms with Crippen LogP contribution in [0.4, 0.5) is 0 Å². The monoisotopic (exact) mass is 242 g/mol. The van der Waals surface area contributed by atoms with Gasteiger partial charge in [-0.15, -0.1) is 0 Å². The van der Waals surface area contributed by atoms with Gasteiger partial charge in [-0.2, -0.15) is 11.8 Å². The van der Waals surface area contributed by atoms with Crippen molar-refractivity contribution in [2.24, 2.45) is 5.92 Å². The predicted octanol–water partition coefficient (Wildman–Crippen LogP) is 2.20. The van der Waals surface area contributed by atoms with Crippen LogP contribution in [0.15, 0.2) is 0 Å². The lowest BCUT2D eigenvalue weighted by Crippen LogP contribution is -2.43. The zero-order valence-corrected chi connectivity index (χ0v) is 11.6. The summed E-state index contributed by atoms with van der Waals surface area (Å²) < 4.78 is 0. The number of thioether (sulfide) groups is 1. The summed E-state index contributed by atoms with van der Waals surface area (Å²) in [5, 5.41) is 3.76. The zero-order valence-electron chi connectivity index (χ0n) is 10.7. The molecule has 2 heterocycles. The largest absolute Gasteiger partial charge is 0.312 e. The van der Waals surface area contributed by atoms with Crippen LogP contribution in [-0.2, 0) is 0 Å². The molecule has 2 saturated heterocycles. The summed E-state index contributed by atoms with van der Waals surface area (Å²) in [6.07, 6.45) is 4.18. The second-order valence-electron chi connectivity index (χ2n) is 5.65. The quantitative estimate of drug-likeness (QED) is 0.796. The van der Waals surface area contributed by atoms with Crippen LogP contribution in [0.25, 0.3) is 0 Å². The molecule has 2 aliphatic rings. The van der Waals surface area contributed by atoms with E-state index in [1.807, 2.05) is 0 Å². The Morgan fingerprint density at radius 3 is 2.94 bits per heavy atom. The maximum atomic E-state index is 3.76. The van der Waals surface area contributed by atoms with Crippen molar-refractivity contribution in [3.05, 3.63) is 0 Å². The van der Waals surface area contributed by atoms with Gasteiger partial charge in [0.2, 0.25) is 0 Å². The van der Waals surface area contributed by atoms with Gasteiger partial charge in [0.1, 0.15) is 0 Å². The molecule has 2 atom stereocenters. The zero-order chi connectivity index (χ0) is 11.4. The minimum absolute atomic E-state index is 0.798. The molecule has 0 aromatic heterocycles. The molecular weight excluding hydrogens is 216 g/mol. The minimum Gasteiger partial charge on any atom is -0.312 e. The highest BCUT2D eigenvalue weighted by Crippen LogP contribution is 2.20. The molecule has 0 saturated carbocycles. The minimum atomic E-state index is 0.798. The fraction of sp³-hybridized carbons (Fsp3) is 1.00. The highest BCUT2D eigenvalue weighted by atomic mass is 32.2. The number of nitrogens with one attached hydrogen (secondary N) is 1. The van der Waals surface area contributed by atoms with Gasteiger partial charge in [0.05, 0.1) is 0 Å². The van der Waals surface area contributed by atoms with Crippen LogP contribution < -0.4 is 5.32 Å². The predicted molar refractivity (Wildman–Crippen MR) is 73.2 cm³/mol. The number of nitrogens with zero attached hydrogens (tertiary/aromatic N) is 1. The number of likely N-dealkylation sites (tertiary alicyclic amines) is 1. The van der Waals surface area contributed by atoms with E-state index in [1.54, 1.807) is 0 Å². The van der Waals surface area contributed by atoms with Crippen molar-refractivity contribution >= 4 is 11.8 Å². The Kier molecular flexibility index (Phi) is 4.98. The van der Waals surface area contributed by atoms with Crippen LogP contribution in [0.2, 0.25) is 0 Å². The number of hydrogen-bond acceptors (Lipinski definition) is 3. The van der Waals surface area contributed by atoms with E-state index in [4.69, 9.17) is 0 Å². The van der Waals surface area contributed by atoms with E-state index in [9.17, 15) is 0 Å². The molecule has 2 nitrogen and oxygen atoms in total. The first-order valence-corrected chi connectivity index (χ1v) is 7.96. The Morgan fingerprint density at radius 1 is 1.38 bits per heavy atom. The van der Waals surface area contributed by atoms with Gasteiger partial charge in [-0.3, -0.25) is 4.90 Å². The molecule has 0 aliphatic carbocycles. The van der Waals surface area contributed by atoms with Gasteiger partial charge in [-0.25, -0.2) is 0 Å². The van der Waals surface area contributed by atoms with Gasteiger partial charge in [-0.1, -0.05) is 13.8 Å². The average molecular weight is 242 g/mol. The van der Waals surface area contributed by atoms with Gasteiger partial charge in [0.25, 0.3) is 0 Å². The van der Waals surface area contributed by atoms with E-state index in [2.05, 4.69) is 35.8 Å². The third-order valence-electron chi connectivity index (χ3n) is 3.67. The summed E-state index contributed by atoms with van der Waals surface area (Å²) in [6, 6.07) is 1.61. The molecule has 0 radical (unpaired) electrons. The Balaban J connectivity index is 1.70. The van der Waals surface area contributed by atoms with Crippen molar-refractivity contribution in [2.45, 2.75) is 45.2 Å². The lowest BCUT2D eigenvalue weighted by molar-refractivity contribution is 0.218. The van der Waals surface area contributed by atoms with Crippen molar-refractivity contribution in [1.29, 1.82) is 0 Å². The molecule has 2 rings (SSSR count). The first-order valence-electron chi connectivity index (χ1n) is 6.81. The standard InChI is InChI=1S/C13H26N2S/c1-11(2)9-15-6-3-4-13(15)8-14-12-5-7-16-10-12/h11-14H,3-10H2,1-2H3/t12?,13-/m0/s1. The molecule has 0 spiro atoms. The summed E-state index contributed by atoms with van der Waals surface area (Å²) in [5.41, 5.74) is 0. The molecule has 0 aromatic carbocycles. The van der Waals surface area contributed by atoms with Gasteiger partial charge in [0, 0.05) is 30.9 Å². The van der Waals surface area contributed by atoms with Crippen LogP contribution in [0, 0.1) is 5.92 Å².